The molecule has 0 spiro atoms. The van der Waals surface area contributed by atoms with Gasteiger partial charge in [-0.2, -0.15) is 8.78 Å². The van der Waals surface area contributed by atoms with Crippen LogP contribution in [0.25, 0.3) is 0 Å². The van der Waals surface area contributed by atoms with Gasteiger partial charge in [0.2, 0.25) is 0 Å². The molecule has 5 aliphatic rings. The molecular weight excluding hydrogens is 574 g/mol. The number of carbonyl (C=O) groups is 1. The molecular formula is C37H46F2N2O4. The number of alkyl halides is 2. The SMILES string of the molecule is C#CC(F)(F)[C@]1(O)CC[C@H]2[C@@H]3CCC4=C/C(=N/OCCNC(=O)OC(C)(C)C)CCC4=C3C(c3ccc(C4CC4)cc3)C[C@@]21C. The van der Waals surface area contributed by atoms with Crippen LogP contribution in [0.4, 0.5) is 13.6 Å². The third-order valence-electron chi connectivity index (χ3n) is 11.0. The van der Waals surface area contributed by atoms with Crippen LogP contribution in [0.15, 0.2) is 52.2 Å². The number of carbonyl (C=O) groups excluding carboxylic acids is 1. The van der Waals surface area contributed by atoms with Crippen LogP contribution in [0.5, 0.6) is 0 Å². The third-order valence-corrected chi connectivity index (χ3v) is 11.0. The summed E-state index contributed by atoms with van der Waals surface area (Å²) < 4.78 is 36.0. The number of allylic oxidation sites excluding steroid dienone is 4. The van der Waals surface area contributed by atoms with Gasteiger partial charge in [0.25, 0.3) is 0 Å². The summed E-state index contributed by atoms with van der Waals surface area (Å²) in [5.74, 6) is -1.33. The molecule has 2 N–H and O–H groups in total. The van der Waals surface area contributed by atoms with Crippen molar-refractivity contribution in [3.05, 3.63) is 58.2 Å². The molecule has 0 aromatic heterocycles. The highest BCUT2D eigenvalue weighted by atomic mass is 19.3. The number of alkyl carbamates (subject to hydrolysis) is 1. The summed E-state index contributed by atoms with van der Waals surface area (Å²) in [6, 6.07) is 8.79. The Hall–Kier alpha value is -3.18. The topological polar surface area (TPSA) is 80.2 Å². The van der Waals surface area contributed by atoms with E-state index in [1.165, 1.54) is 35.1 Å². The number of oxime groups is 1. The maximum atomic E-state index is 15.4. The molecule has 6 rings (SSSR count). The molecule has 5 aliphatic carbocycles. The summed E-state index contributed by atoms with van der Waals surface area (Å²) in [5, 5.41) is 18.8. The fourth-order valence-electron chi connectivity index (χ4n) is 8.74. The van der Waals surface area contributed by atoms with Gasteiger partial charge in [-0.15, -0.1) is 6.42 Å². The van der Waals surface area contributed by atoms with Crippen LogP contribution in [-0.4, -0.2) is 47.2 Å². The summed E-state index contributed by atoms with van der Waals surface area (Å²) in [6.45, 7) is 7.82. The highest BCUT2D eigenvalue weighted by molar-refractivity contribution is 5.97. The number of nitrogens with zero attached hydrogens (tertiary/aromatic N) is 1. The highest BCUT2D eigenvalue weighted by Crippen LogP contribution is 2.69. The predicted octanol–water partition coefficient (Wildman–Crippen LogP) is 7.79. The Labute approximate surface area is 265 Å². The quantitative estimate of drug-likeness (QED) is 0.185. The normalized spacial score (nSPS) is 32.2. The number of fused-ring (bicyclic) bond motifs is 4. The van der Waals surface area contributed by atoms with Crippen molar-refractivity contribution >= 4 is 11.8 Å². The van der Waals surface area contributed by atoms with E-state index in [0.717, 1.165) is 30.5 Å². The molecule has 1 amide bonds. The van der Waals surface area contributed by atoms with E-state index < -0.39 is 28.6 Å². The molecule has 0 radical (unpaired) electrons. The Morgan fingerprint density at radius 3 is 2.49 bits per heavy atom. The molecule has 45 heavy (non-hydrogen) atoms. The number of halogens is 2. The fourth-order valence-corrected chi connectivity index (χ4v) is 8.74. The van der Waals surface area contributed by atoms with Gasteiger partial charge in [-0.05, 0) is 131 Å². The van der Waals surface area contributed by atoms with Gasteiger partial charge < -0.3 is 20.0 Å². The average Bonchev–Trinajstić information content (AvgIpc) is 3.80. The van der Waals surface area contributed by atoms with Gasteiger partial charge in [-0.3, -0.25) is 0 Å². The van der Waals surface area contributed by atoms with Gasteiger partial charge in [0.1, 0.15) is 17.8 Å². The molecule has 242 valence electrons. The van der Waals surface area contributed by atoms with E-state index in [9.17, 15) is 9.90 Å². The van der Waals surface area contributed by atoms with Crippen LogP contribution in [0.3, 0.4) is 0 Å². The lowest BCUT2D eigenvalue weighted by molar-refractivity contribution is -0.209. The number of benzene rings is 1. The molecule has 0 saturated heterocycles. The number of nitrogens with one attached hydrogen (secondary N) is 1. The van der Waals surface area contributed by atoms with Gasteiger partial charge in [0.15, 0.2) is 0 Å². The standard InChI is InChI=1S/C37H46F2N2O4/c1-6-37(38,39)36(43)18-17-31-29-15-13-26-21-27(41-44-20-19-40-33(42)45-34(2,3)4)14-16-28(26)32(29)30(22-35(31,36)5)25-11-9-24(10-12-25)23-7-8-23/h1,9-12,21,23,29-31,43H,7-8,13-20,22H2,2-5H3,(H,40,42)/b41-27+/t29-,30?,31-,35-,36-/m0/s1. The van der Waals surface area contributed by atoms with Crippen molar-refractivity contribution in [3.8, 4) is 12.3 Å². The molecule has 1 aromatic carbocycles. The molecule has 1 unspecified atom stereocenters. The van der Waals surface area contributed by atoms with E-state index in [1.807, 2.05) is 27.7 Å². The van der Waals surface area contributed by atoms with Crippen molar-refractivity contribution in [2.24, 2.45) is 22.4 Å². The summed E-state index contributed by atoms with van der Waals surface area (Å²) in [6.07, 6.45) is 13.6. The molecule has 1 aromatic rings. The molecule has 0 aliphatic heterocycles. The summed E-state index contributed by atoms with van der Waals surface area (Å²) in [5.41, 5.74) is 3.46. The van der Waals surface area contributed by atoms with Crippen LogP contribution in [0.1, 0.15) is 108 Å². The van der Waals surface area contributed by atoms with Crippen molar-refractivity contribution in [1.29, 1.82) is 0 Å². The summed E-state index contributed by atoms with van der Waals surface area (Å²) in [7, 11) is 0. The average molecular weight is 621 g/mol. The smallest absolute Gasteiger partial charge is 0.407 e. The Morgan fingerprint density at radius 2 is 1.82 bits per heavy atom. The first kappa shape index (κ1) is 31.8. The van der Waals surface area contributed by atoms with Crippen molar-refractivity contribution in [2.75, 3.05) is 13.2 Å². The molecule has 8 heteroatoms. The number of aliphatic hydroxyl groups is 1. The van der Waals surface area contributed by atoms with Crippen LogP contribution in [0.2, 0.25) is 0 Å². The van der Waals surface area contributed by atoms with Crippen LogP contribution in [0, 0.1) is 29.6 Å². The summed E-state index contributed by atoms with van der Waals surface area (Å²) >= 11 is 0. The Balaban J connectivity index is 1.27. The lowest BCUT2D eigenvalue weighted by Crippen LogP contribution is -2.60. The third kappa shape index (κ3) is 5.82. The van der Waals surface area contributed by atoms with E-state index in [1.54, 1.807) is 5.92 Å². The van der Waals surface area contributed by atoms with E-state index in [4.69, 9.17) is 16.0 Å². The first-order valence-electron chi connectivity index (χ1n) is 16.5. The second-order valence-electron chi connectivity index (χ2n) is 14.9. The minimum absolute atomic E-state index is 0.0114. The number of amides is 1. The minimum atomic E-state index is -3.60. The molecule has 6 nitrogen and oxygen atoms in total. The second kappa shape index (κ2) is 11.6. The monoisotopic (exact) mass is 620 g/mol. The molecule has 0 heterocycles. The number of rotatable bonds is 7. The van der Waals surface area contributed by atoms with Gasteiger partial charge in [-0.25, -0.2) is 4.79 Å². The highest BCUT2D eigenvalue weighted by Gasteiger charge is 2.71. The largest absolute Gasteiger partial charge is 0.444 e. The molecule has 0 bridgehead atoms. The fraction of sp³-hybridized carbons (Fsp3) is 0.622. The molecule has 5 atom stereocenters. The second-order valence-corrected chi connectivity index (χ2v) is 14.9. The van der Waals surface area contributed by atoms with Crippen molar-refractivity contribution in [3.63, 3.8) is 0 Å². The lowest BCUT2D eigenvalue weighted by Gasteiger charge is -2.55. The van der Waals surface area contributed by atoms with Crippen molar-refractivity contribution in [2.45, 2.75) is 114 Å². The number of terminal acetylenes is 1. The first-order chi connectivity index (χ1) is 21.3. The predicted molar refractivity (Wildman–Crippen MR) is 170 cm³/mol. The zero-order chi connectivity index (χ0) is 32.2. The van der Waals surface area contributed by atoms with E-state index in [-0.39, 0.29) is 37.3 Å². The van der Waals surface area contributed by atoms with Crippen LogP contribution < -0.4 is 5.32 Å². The maximum Gasteiger partial charge on any atom is 0.407 e. The Kier molecular flexibility index (Phi) is 8.17. The minimum Gasteiger partial charge on any atom is -0.444 e. The summed E-state index contributed by atoms with van der Waals surface area (Å²) in [4.78, 5) is 17.4. The van der Waals surface area contributed by atoms with Crippen LogP contribution in [-0.2, 0) is 9.57 Å². The number of hydrogen-bond acceptors (Lipinski definition) is 5. The molecule has 3 saturated carbocycles. The van der Waals surface area contributed by atoms with E-state index in [2.05, 4.69) is 40.8 Å². The van der Waals surface area contributed by atoms with Crippen LogP contribution >= 0.6 is 0 Å². The zero-order valence-corrected chi connectivity index (χ0v) is 26.9. The lowest BCUT2D eigenvalue weighted by atomic mass is 9.50. The van der Waals surface area contributed by atoms with Gasteiger partial charge in [-0.1, -0.05) is 41.9 Å². The zero-order valence-electron chi connectivity index (χ0n) is 26.9. The van der Waals surface area contributed by atoms with Crippen molar-refractivity contribution < 1.29 is 28.3 Å². The number of ether oxygens (including phenoxy) is 1. The maximum absolute atomic E-state index is 15.4. The number of hydrogen-bond donors (Lipinski definition) is 2. The van der Waals surface area contributed by atoms with Gasteiger partial charge >= 0.3 is 12.0 Å². The van der Waals surface area contributed by atoms with Crippen molar-refractivity contribution in [1.82, 2.24) is 5.32 Å². The Bertz CT molecular complexity index is 1460. The molecule has 3 fully saturated rings. The van der Waals surface area contributed by atoms with Gasteiger partial charge in [0.05, 0.1) is 12.3 Å². The van der Waals surface area contributed by atoms with E-state index >= 15 is 8.78 Å². The van der Waals surface area contributed by atoms with E-state index in [0.29, 0.717) is 25.2 Å². The first-order valence-corrected chi connectivity index (χ1v) is 16.5. The Morgan fingerprint density at radius 1 is 1.11 bits per heavy atom. The van der Waals surface area contributed by atoms with Gasteiger partial charge in [0, 0.05) is 11.3 Å².